The summed E-state index contributed by atoms with van der Waals surface area (Å²) in [6, 6.07) is -0.745. The van der Waals surface area contributed by atoms with Crippen molar-refractivity contribution in [3.05, 3.63) is 0 Å². The van der Waals surface area contributed by atoms with E-state index < -0.39 is 30.3 Å². The number of aliphatic hydroxyl groups excluding tert-OH is 3. The summed E-state index contributed by atoms with van der Waals surface area (Å²) in [4.78, 5) is 3.58. The maximum absolute atomic E-state index is 10.7. The van der Waals surface area contributed by atoms with E-state index in [4.69, 9.17) is 9.84 Å². The summed E-state index contributed by atoms with van der Waals surface area (Å²) in [5.41, 5.74) is 0. The molecule has 4 atom stereocenters. The molecule has 1 saturated heterocycles. The molecule has 1 heterocycles. The van der Waals surface area contributed by atoms with E-state index >= 15 is 0 Å². The van der Waals surface area contributed by atoms with E-state index in [-0.39, 0.29) is 20.3 Å². The minimum Gasteiger partial charge on any atom is -0.862 e. The van der Waals surface area contributed by atoms with E-state index in [1.165, 1.54) is 6.92 Å². The zero-order valence-electron chi connectivity index (χ0n) is 12.8. The van der Waals surface area contributed by atoms with Crippen LogP contribution in [0.3, 0.4) is 0 Å². The minimum absolute atomic E-state index is 0. The Morgan fingerprint density at radius 1 is 1.57 bits per heavy atom. The van der Waals surface area contributed by atoms with Gasteiger partial charge in [0, 0.05) is 0 Å². The zero-order chi connectivity index (χ0) is 10.7. The van der Waals surface area contributed by atoms with E-state index in [9.17, 15) is 15.3 Å². The lowest BCUT2D eigenvalue weighted by Crippen LogP contribution is -2.53. The molecule has 1 fully saturated rings. The van der Waals surface area contributed by atoms with Gasteiger partial charge in [-0.2, -0.15) is 0 Å². The van der Waals surface area contributed by atoms with Crippen molar-refractivity contribution in [2.75, 3.05) is 13.2 Å². The van der Waals surface area contributed by atoms with Crippen molar-refractivity contribution in [1.29, 1.82) is 0 Å². The SMILES string of the molecule is CC([O-])=N[C@H]1CO[C@H](CO)[C@@H](O)[C@@H]1O.[H+].[H+].[H+].[H+].[H+]. The Labute approximate surface area is 88.9 Å². The number of aliphatic hydroxyl groups is 3. The Bertz CT molecular complexity index is 232. The Hall–Kier alpha value is -0.690. The molecule has 3 N–H and O–H groups in total. The van der Waals surface area contributed by atoms with E-state index in [0.29, 0.717) is 0 Å². The van der Waals surface area contributed by atoms with Crippen LogP contribution in [0.25, 0.3) is 0 Å². The first-order valence-corrected chi connectivity index (χ1v) is 4.36. The Morgan fingerprint density at radius 2 is 2.21 bits per heavy atom. The number of aliphatic imine (C=N–C) groups is 1. The van der Waals surface area contributed by atoms with Gasteiger partial charge in [-0.1, -0.05) is 0 Å². The average Bonchev–Trinajstić information content (AvgIpc) is 2.13. The summed E-state index contributed by atoms with van der Waals surface area (Å²) in [5, 5.41) is 38.3. The van der Waals surface area contributed by atoms with E-state index in [1.807, 2.05) is 0 Å². The summed E-state index contributed by atoms with van der Waals surface area (Å²) >= 11 is 0. The fourth-order valence-electron chi connectivity index (χ4n) is 1.37. The predicted molar refractivity (Wildman–Crippen MR) is 51.3 cm³/mol. The van der Waals surface area contributed by atoms with Crippen molar-refractivity contribution in [2.45, 2.75) is 31.3 Å². The van der Waals surface area contributed by atoms with Crippen LogP contribution in [0.5, 0.6) is 0 Å². The zero-order valence-corrected chi connectivity index (χ0v) is 7.83. The van der Waals surface area contributed by atoms with Crippen LogP contribution in [-0.4, -0.2) is 58.8 Å². The molecule has 14 heavy (non-hydrogen) atoms. The number of hydrogen-bond acceptors (Lipinski definition) is 6. The van der Waals surface area contributed by atoms with Crippen LogP contribution < -0.4 is 5.11 Å². The molecule has 0 radical (unpaired) electrons. The minimum atomic E-state index is -1.21. The van der Waals surface area contributed by atoms with Gasteiger partial charge in [-0.05, 0) is 12.8 Å². The lowest BCUT2D eigenvalue weighted by molar-refractivity contribution is -0.218. The van der Waals surface area contributed by atoms with Crippen molar-refractivity contribution >= 4 is 5.90 Å². The molecular weight excluding hydrogens is 190 g/mol. The van der Waals surface area contributed by atoms with Crippen molar-refractivity contribution in [1.82, 2.24) is 0 Å². The quantitative estimate of drug-likeness (QED) is 0.354. The molecule has 82 valence electrons. The fourth-order valence-corrected chi connectivity index (χ4v) is 1.37. The summed E-state index contributed by atoms with van der Waals surface area (Å²) in [6.07, 6.45) is -3.17. The van der Waals surface area contributed by atoms with Gasteiger partial charge in [0.05, 0.1) is 13.2 Å². The highest BCUT2D eigenvalue weighted by Gasteiger charge is 2.37. The molecule has 0 amide bonds. The molecule has 0 aliphatic carbocycles. The van der Waals surface area contributed by atoms with E-state index in [1.54, 1.807) is 0 Å². The van der Waals surface area contributed by atoms with Crippen LogP contribution in [0.4, 0.5) is 0 Å². The molecular formula is C8H19NO5+4. The number of rotatable bonds is 2. The standard InChI is InChI=1S/C8H15NO5/c1-4(11)9-5-3-14-6(2-10)8(13)7(5)12/h5-8,10,12-13H,2-3H2,1H3,(H,9,11)/p+4/t5-,6+,7+,8+/m0/s1. The van der Waals surface area contributed by atoms with Gasteiger partial charge in [-0.15, -0.1) is 0 Å². The molecule has 0 bridgehead atoms. The van der Waals surface area contributed by atoms with Gasteiger partial charge in [0.15, 0.2) is 0 Å². The average molecular weight is 209 g/mol. The third kappa shape index (κ3) is 2.42. The topological polar surface area (TPSA) is 105 Å². The van der Waals surface area contributed by atoms with Gasteiger partial charge >= 0.3 is 7.13 Å². The van der Waals surface area contributed by atoms with Crippen LogP contribution in [0.2, 0.25) is 0 Å². The maximum atomic E-state index is 10.7. The van der Waals surface area contributed by atoms with Gasteiger partial charge in [0.2, 0.25) is 0 Å². The molecule has 1 aliphatic heterocycles. The molecule has 6 nitrogen and oxygen atoms in total. The highest BCUT2D eigenvalue weighted by atomic mass is 16.5. The first-order chi connectivity index (χ1) is 6.56. The van der Waals surface area contributed by atoms with Gasteiger partial charge in [-0.25, -0.2) is 0 Å². The van der Waals surface area contributed by atoms with Crippen LogP contribution in [0.1, 0.15) is 14.1 Å². The monoisotopic (exact) mass is 209 g/mol. The van der Waals surface area contributed by atoms with E-state index in [2.05, 4.69) is 4.99 Å². The van der Waals surface area contributed by atoms with Crippen LogP contribution >= 0.6 is 0 Å². The molecule has 0 aromatic heterocycles. The Morgan fingerprint density at radius 3 is 2.71 bits per heavy atom. The van der Waals surface area contributed by atoms with Crippen LogP contribution in [0.15, 0.2) is 4.99 Å². The van der Waals surface area contributed by atoms with Gasteiger partial charge in [-0.3, -0.25) is 4.99 Å². The maximum Gasteiger partial charge on any atom is 1.00 e. The molecule has 6 heteroatoms. The highest BCUT2D eigenvalue weighted by molar-refractivity contribution is 5.68. The lowest BCUT2D eigenvalue weighted by Gasteiger charge is -2.35. The predicted octanol–water partition coefficient (Wildman–Crippen LogP) is -2.19. The normalized spacial score (nSPS) is 39.9. The Kier molecular flexibility index (Phi) is 3.82. The smallest absolute Gasteiger partial charge is 0.862 e. The third-order valence-corrected chi connectivity index (χ3v) is 2.13. The van der Waals surface area contributed by atoms with Crippen molar-refractivity contribution in [3.8, 4) is 0 Å². The summed E-state index contributed by atoms with van der Waals surface area (Å²) in [6.45, 7) is 0.922. The van der Waals surface area contributed by atoms with Gasteiger partial charge in [0.25, 0.3) is 0 Å². The number of ether oxygens (including phenoxy) is 1. The molecule has 0 aromatic carbocycles. The molecule has 0 saturated carbocycles. The number of nitrogens with zero attached hydrogens (tertiary/aromatic N) is 1. The second kappa shape index (κ2) is 4.70. The van der Waals surface area contributed by atoms with Crippen LogP contribution in [0, 0.1) is 0 Å². The summed E-state index contributed by atoms with van der Waals surface area (Å²) in [7, 11) is 0. The molecule has 0 unspecified atom stereocenters. The van der Waals surface area contributed by atoms with Crippen molar-refractivity contribution in [2.24, 2.45) is 4.99 Å². The summed E-state index contributed by atoms with van der Waals surface area (Å²) in [5.74, 6) is -0.424. The first kappa shape index (κ1) is 11.4. The number of hydrogen-bond donors (Lipinski definition) is 3. The molecule has 1 rings (SSSR count). The van der Waals surface area contributed by atoms with Gasteiger partial charge in [0.1, 0.15) is 24.4 Å². The fraction of sp³-hybridized carbons (Fsp3) is 0.875. The first-order valence-electron chi connectivity index (χ1n) is 4.36. The molecule has 0 aromatic rings. The third-order valence-electron chi connectivity index (χ3n) is 2.13. The Balaban J connectivity index is -0.000000131. The van der Waals surface area contributed by atoms with Crippen molar-refractivity contribution < 1.29 is 32.3 Å². The van der Waals surface area contributed by atoms with Crippen molar-refractivity contribution in [3.63, 3.8) is 0 Å². The second-order valence-electron chi connectivity index (χ2n) is 3.25. The molecule has 0 spiro atoms. The molecule has 1 aliphatic rings. The lowest BCUT2D eigenvalue weighted by atomic mass is 9.99. The largest absolute Gasteiger partial charge is 1.00 e. The second-order valence-corrected chi connectivity index (χ2v) is 3.25. The van der Waals surface area contributed by atoms with Crippen LogP contribution in [-0.2, 0) is 4.74 Å². The summed E-state index contributed by atoms with van der Waals surface area (Å²) < 4.78 is 5.02. The highest BCUT2D eigenvalue weighted by Crippen LogP contribution is 2.17. The van der Waals surface area contributed by atoms with Gasteiger partial charge < -0.3 is 25.2 Å². The van der Waals surface area contributed by atoms with E-state index in [0.717, 1.165) is 0 Å².